The summed E-state index contributed by atoms with van der Waals surface area (Å²) in [5.41, 5.74) is -0.936. The van der Waals surface area contributed by atoms with Gasteiger partial charge < -0.3 is 5.32 Å². The molecular formula is C12H17ClF3N3. The standard InChI is InChI=1S/C12H17ClF3N3/c1-2-3-9(4-6-13)8-18-11-17-7-5-10(19-11)12(14,15)16/h5,7,9H,2-4,6,8H2,1H3,(H,17,18,19). The number of nitrogens with one attached hydrogen (secondary N) is 1. The molecule has 0 aliphatic rings. The van der Waals surface area contributed by atoms with Crippen LogP contribution in [0.4, 0.5) is 19.1 Å². The van der Waals surface area contributed by atoms with Gasteiger partial charge in [0, 0.05) is 18.6 Å². The van der Waals surface area contributed by atoms with Crippen molar-refractivity contribution >= 4 is 17.5 Å². The Morgan fingerprint density at radius 1 is 1.37 bits per heavy atom. The van der Waals surface area contributed by atoms with Crippen molar-refractivity contribution in [1.82, 2.24) is 9.97 Å². The third-order valence-electron chi connectivity index (χ3n) is 2.71. The number of aromatic nitrogens is 2. The van der Waals surface area contributed by atoms with Crippen LogP contribution in [0, 0.1) is 5.92 Å². The van der Waals surface area contributed by atoms with Crippen molar-refractivity contribution < 1.29 is 13.2 Å². The molecule has 1 heterocycles. The lowest BCUT2D eigenvalue weighted by atomic mass is 10.0. The van der Waals surface area contributed by atoms with Crippen molar-refractivity contribution in [3.8, 4) is 0 Å². The third-order valence-corrected chi connectivity index (χ3v) is 2.93. The number of nitrogens with zero attached hydrogens (tertiary/aromatic N) is 2. The normalized spacial score (nSPS) is 13.3. The van der Waals surface area contributed by atoms with E-state index < -0.39 is 11.9 Å². The van der Waals surface area contributed by atoms with Gasteiger partial charge in [0.1, 0.15) is 5.69 Å². The highest BCUT2D eigenvalue weighted by atomic mass is 35.5. The zero-order valence-corrected chi connectivity index (χ0v) is 11.4. The van der Waals surface area contributed by atoms with Crippen LogP contribution in [0.5, 0.6) is 0 Å². The summed E-state index contributed by atoms with van der Waals surface area (Å²) in [6.45, 7) is 2.59. The van der Waals surface area contributed by atoms with Crippen molar-refractivity contribution in [3.63, 3.8) is 0 Å². The van der Waals surface area contributed by atoms with Crippen LogP contribution in [-0.2, 0) is 6.18 Å². The molecule has 108 valence electrons. The molecule has 0 aliphatic carbocycles. The van der Waals surface area contributed by atoms with Gasteiger partial charge in [0.05, 0.1) is 0 Å². The maximum Gasteiger partial charge on any atom is 0.433 e. The molecule has 3 nitrogen and oxygen atoms in total. The first-order valence-corrected chi connectivity index (χ1v) is 6.71. The smallest absolute Gasteiger partial charge is 0.354 e. The highest BCUT2D eigenvalue weighted by Crippen LogP contribution is 2.27. The average Bonchev–Trinajstić information content (AvgIpc) is 2.36. The molecule has 0 saturated carbocycles. The molecule has 1 atom stereocenters. The molecular weight excluding hydrogens is 279 g/mol. The summed E-state index contributed by atoms with van der Waals surface area (Å²) in [6, 6.07) is 0.855. The van der Waals surface area contributed by atoms with Gasteiger partial charge in [-0.15, -0.1) is 11.6 Å². The second-order valence-corrected chi connectivity index (χ2v) is 4.65. The number of alkyl halides is 4. The quantitative estimate of drug-likeness (QED) is 0.774. The Kier molecular flexibility index (Phi) is 6.34. The molecule has 1 N–H and O–H groups in total. The number of rotatable bonds is 7. The topological polar surface area (TPSA) is 37.8 Å². The van der Waals surface area contributed by atoms with E-state index in [0.29, 0.717) is 18.3 Å². The molecule has 19 heavy (non-hydrogen) atoms. The zero-order valence-electron chi connectivity index (χ0n) is 10.7. The summed E-state index contributed by atoms with van der Waals surface area (Å²) in [5.74, 6) is 0.863. The molecule has 0 radical (unpaired) electrons. The molecule has 7 heteroatoms. The van der Waals surface area contributed by atoms with Crippen molar-refractivity contribution in [2.45, 2.75) is 32.4 Å². The number of anilines is 1. The predicted octanol–water partition coefficient (Wildman–Crippen LogP) is 3.95. The molecule has 1 aromatic rings. The largest absolute Gasteiger partial charge is 0.433 e. The van der Waals surface area contributed by atoms with Gasteiger partial charge in [-0.3, -0.25) is 0 Å². The van der Waals surface area contributed by atoms with Gasteiger partial charge in [0.2, 0.25) is 5.95 Å². The van der Waals surface area contributed by atoms with Crippen LogP contribution in [0.1, 0.15) is 31.9 Å². The predicted molar refractivity (Wildman–Crippen MR) is 69.3 cm³/mol. The Morgan fingerprint density at radius 2 is 2.11 bits per heavy atom. The van der Waals surface area contributed by atoms with Gasteiger partial charge in [-0.25, -0.2) is 9.97 Å². The summed E-state index contributed by atoms with van der Waals surface area (Å²) >= 11 is 5.69. The lowest BCUT2D eigenvalue weighted by Crippen LogP contribution is -2.18. The first-order chi connectivity index (χ1) is 8.97. The summed E-state index contributed by atoms with van der Waals surface area (Å²) in [7, 11) is 0. The fourth-order valence-corrected chi connectivity index (χ4v) is 2.06. The van der Waals surface area contributed by atoms with Gasteiger partial charge in [-0.05, 0) is 24.8 Å². The number of hydrogen-bond acceptors (Lipinski definition) is 3. The summed E-state index contributed by atoms with van der Waals surface area (Å²) in [5, 5.41) is 2.85. The van der Waals surface area contributed by atoms with Crippen molar-refractivity contribution in [2.24, 2.45) is 5.92 Å². The lowest BCUT2D eigenvalue weighted by molar-refractivity contribution is -0.141. The fourth-order valence-electron chi connectivity index (χ4n) is 1.75. The second kappa shape index (κ2) is 7.53. The van der Waals surface area contributed by atoms with E-state index in [-0.39, 0.29) is 5.95 Å². The van der Waals surface area contributed by atoms with Crippen LogP contribution in [0.25, 0.3) is 0 Å². The number of hydrogen-bond donors (Lipinski definition) is 1. The molecule has 0 aliphatic heterocycles. The van der Waals surface area contributed by atoms with Crippen molar-refractivity contribution in [3.05, 3.63) is 18.0 Å². The highest BCUT2D eigenvalue weighted by molar-refractivity contribution is 6.17. The Bertz CT molecular complexity index is 379. The zero-order chi connectivity index (χ0) is 14.3. The minimum absolute atomic E-state index is 0.00509. The van der Waals surface area contributed by atoms with Gasteiger partial charge in [-0.1, -0.05) is 13.3 Å². The summed E-state index contributed by atoms with van der Waals surface area (Å²) in [6.07, 6.45) is -0.542. The summed E-state index contributed by atoms with van der Waals surface area (Å²) < 4.78 is 37.4. The third kappa shape index (κ3) is 5.63. The SMILES string of the molecule is CCCC(CCCl)CNc1nccc(C(F)(F)F)n1. The van der Waals surface area contributed by atoms with E-state index in [4.69, 9.17) is 11.6 Å². The van der Waals surface area contributed by atoms with Crippen molar-refractivity contribution in [1.29, 1.82) is 0 Å². The molecule has 0 bridgehead atoms. The van der Waals surface area contributed by atoms with Gasteiger partial charge >= 0.3 is 6.18 Å². The van der Waals surface area contributed by atoms with E-state index in [1.54, 1.807) is 0 Å². The van der Waals surface area contributed by atoms with E-state index in [2.05, 4.69) is 22.2 Å². The molecule has 1 aromatic heterocycles. The van der Waals surface area contributed by atoms with E-state index in [0.717, 1.165) is 31.5 Å². The molecule has 0 fully saturated rings. The molecule has 1 rings (SSSR count). The number of halogens is 4. The van der Waals surface area contributed by atoms with E-state index >= 15 is 0 Å². The Morgan fingerprint density at radius 3 is 2.68 bits per heavy atom. The van der Waals surface area contributed by atoms with Crippen LogP contribution >= 0.6 is 11.6 Å². The van der Waals surface area contributed by atoms with Gasteiger partial charge in [0.25, 0.3) is 0 Å². The molecule has 0 amide bonds. The lowest BCUT2D eigenvalue weighted by Gasteiger charge is -2.15. The first-order valence-electron chi connectivity index (χ1n) is 6.17. The van der Waals surface area contributed by atoms with Crippen LogP contribution < -0.4 is 5.32 Å². The van der Waals surface area contributed by atoms with Gasteiger partial charge in [-0.2, -0.15) is 13.2 Å². The maximum atomic E-state index is 12.5. The van der Waals surface area contributed by atoms with Crippen molar-refractivity contribution in [2.75, 3.05) is 17.7 Å². The van der Waals surface area contributed by atoms with E-state index in [1.165, 1.54) is 0 Å². The maximum absolute atomic E-state index is 12.5. The minimum Gasteiger partial charge on any atom is -0.354 e. The average molecular weight is 296 g/mol. The minimum atomic E-state index is -4.45. The van der Waals surface area contributed by atoms with E-state index in [9.17, 15) is 13.2 Å². The monoisotopic (exact) mass is 295 g/mol. The second-order valence-electron chi connectivity index (χ2n) is 4.28. The van der Waals surface area contributed by atoms with Crippen LogP contribution in [-0.4, -0.2) is 22.4 Å². The van der Waals surface area contributed by atoms with Gasteiger partial charge in [0.15, 0.2) is 0 Å². The molecule has 0 spiro atoms. The molecule has 1 unspecified atom stereocenters. The van der Waals surface area contributed by atoms with E-state index in [1.807, 2.05) is 0 Å². The van der Waals surface area contributed by atoms with Crippen LogP contribution in [0.2, 0.25) is 0 Å². The fraction of sp³-hybridized carbons (Fsp3) is 0.667. The summed E-state index contributed by atoms with van der Waals surface area (Å²) in [4.78, 5) is 7.25. The molecule has 0 aromatic carbocycles. The Balaban J connectivity index is 2.61. The van der Waals surface area contributed by atoms with Crippen LogP contribution in [0.3, 0.4) is 0 Å². The molecule has 0 saturated heterocycles. The first kappa shape index (κ1) is 16.0. The highest BCUT2D eigenvalue weighted by Gasteiger charge is 2.32. The Hall–Kier alpha value is -1.04. The van der Waals surface area contributed by atoms with Crippen LogP contribution in [0.15, 0.2) is 12.3 Å². The Labute approximate surface area is 115 Å².